The van der Waals surface area contributed by atoms with E-state index in [0.29, 0.717) is 0 Å². The van der Waals surface area contributed by atoms with Crippen molar-refractivity contribution in [2.24, 2.45) is 0 Å². The molecule has 2 aromatic rings. The number of ether oxygens (including phenoxy) is 3. The molecule has 11 nitrogen and oxygen atoms in total. The van der Waals surface area contributed by atoms with Crippen LogP contribution >= 0.6 is 0 Å². The molecule has 0 radical (unpaired) electrons. The second-order valence-electron chi connectivity index (χ2n) is 11.2. The van der Waals surface area contributed by atoms with E-state index in [1.165, 1.54) is 26.2 Å². The molecule has 3 aliphatic rings. The van der Waals surface area contributed by atoms with Crippen molar-refractivity contribution in [1.82, 2.24) is 4.90 Å². The highest BCUT2D eigenvalue weighted by molar-refractivity contribution is 6.31. The molecule has 0 saturated carbocycles. The van der Waals surface area contributed by atoms with Crippen molar-refractivity contribution in [3.63, 3.8) is 0 Å². The number of methoxy groups -OCH3 is 1. The van der Waals surface area contributed by atoms with Crippen LogP contribution in [0.4, 0.5) is 0 Å². The molecule has 5 rings (SSSR count). The molecule has 0 spiro atoms. The molecular weight excluding hydrogens is 522 g/mol. The lowest BCUT2D eigenvalue weighted by atomic mass is 9.71. The lowest BCUT2D eigenvalue weighted by molar-refractivity contribution is -0.259. The van der Waals surface area contributed by atoms with Crippen LogP contribution in [0.3, 0.4) is 0 Å². The van der Waals surface area contributed by atoms with E-state index in [1.54, 1.807) is 13.0 Å². The molecule has 0 amide bonds. The van der Waals surface area contributed by atoms with E-state index < -0.39 is 59.4 Å². The molecule has 2 aliphatic carbocycles. The van der Waals surface area contributed by atoms with Crippen LogP contribution in [0.15, 0.2) is 18.2 Å². The van der Waals surface area contributed by atoms with Crippen LogP contribution in [-0.2, 0) is 15.9 Å². The maximum atomic E-state index is 13.7. The predicted molar refractivity (Wildman–Crippen MR) is 141 cm³/mol. The molecule has 1 fully saturated rings. The van der Waals surface area contributed by atoms with Gasteiger partial charge in [-0.1, -0.05) is 12.1 Å². The van der Waals surface area contributed by atoms with Gasteiger partial charge in [0.15, 0.2) is 12.1 Å². The minimum atomic E-state index is -1.79. The molecule has 0 aromatic heterocycles. The van der Waals surface area contributed by atoms with E-state index in [-0.39, 0.29) is 64.4 Å². The third-order valence-corrected chi connectivity index (χ3v) is 8.54. The first-order valence-corrected chi connectivity index (χ1v) is 13.2. The molecule has 11 heteroatoms. The van der Waals surface area contributed by atoms with Crippen molar-refractivity contribution in [2.45, 2.75) is 75.5 Å². The number of aliphatic hydroxyl groups excluding tert-OH is 2. The Morgan fingerprint density at radius 3 is 2.40 bits per heavy atom. The first kappa shape index (κ1) is 28.5. The van der Waals surface area contributed by atoms with Crippen molar-refractivity contribution in [3.05, 3.63) is 51.6 Å². The third kappa shape index (κ3) is 4.28. The summed E-state index contributed by atoms with van der Waals surface area (Å²) in [7, 11) is 4.99. The highest BCUT2D eigenvalue weighted by Gasteiger charge is 2.49. The van der Waals surface area contributed by atoms with Crippen LogP contribution in [0.25, 0.3) is 0 Å². The van der Waals surface area contributed by atoms with Gasteiger partial charge in [0.1, 0.15) is 17.2 Å². The summed E-state index contributed by atoms with van der Waals surface area (Å²) in [5, 5.41) is 55.5. The second kappa shape index (κ2) is 10.1. The fourth-order valence-electron chi connectivity index (χ4n) is 6.19. The Hall–Kier alpha value is -3.06. The number of likely N-dealkylation sites (N-methyl/N-ethyl adjacent to an activating group) is 1. The first-order chi connectivity index (χ1) is 18.8. The van der Waals surface area contributed by atoms with Crippen molar-refractivity contribution >= 4 is 11.6 Å². The van der Waals surface area contributed by atoms with Gasteiger partial charge in [0.25, 0.3) is 0 Å². The van der Waals surface area contributed by atoms with E-state index in [2.05, 4.69) is 0 Å². The summed E-state index contributed by atoms with van der Waals surface area (Å²) in [4.78, 5) is 29.1. The fraction of sp³-hybridized carbons (Fsp3) is 0.517. The molecule has 2 aromatic carbocycles. The maximum absolute atomic E-state index is 13.7. The molecule has 40 heavy (non-hydrogen) atoms. The number of phenolic OH excluding ortho intramolecular Hbond substituents is 2. The average molecular weight is 558 g/mol. The molecule has 5 N–H and O–H groups in total. The van der Waals surface area contributed by atoms with Crippen LogP contribution in [0.1, 0.15) is 75.8 Å². The zero-order valence-corrected chi connectivity index (χ0v) is 23.0. The van der Waals surface area contributed by atoms with E-state index in [9.17, 15) is 35.1 Å². The summed E-state index contributed by atoms with van der Waals surface area (Å²) < 4.78 is 17.5. The molecule has 1 aliphatic heterocycles. The van der Waals surface area contributed by atoms with Gasteiger partial charge in [0, 0.05) is 42.0 Å². The van der Waals surface area contributed by atoms with Crippen LogP contribution < -0.4 is 4.74 Å². The zero-order valence-electron chi connectivity index (χ0n) is 23.0. The van der Waals surface area contributed by atoms with Crippen LogP contribution in [0.2, 0.25) is 0 Å². The number of fused-ring (bicyclic) bond motifs is 3. The maximum Gasteiger partial charge on any atom is 0.202 e. The summed E-state index contributed by atoms with van der Waals surface area (Å²) >= 11 is 0. The van der Waals surface area contributed by atoms with Gasteiger partial charge in [-0.15, -0.1) is 0 Å². The number of benzene rings is 2. The largest absolute Gasteiger partial charge is 0.507 e. The van der Waals surface area contributed by atoms with Gasteiger partial charge in [-0.05, 0) is 34.0 Å². The normalized spacial score (nSPS) is 30.5. The number of aromatic hydroxyl groups is 2. The molecule has 0 bridgehead atoms. The fourth-order valence-corrected chi connectivity index (χ4v) is 6.19. The molecule has 7 atom stereocenters. The summed E-state index contributed by atoms with van der Waals surface area (Å²) in [6.07, 6.45) is -4.95. The number of carbonyl (C=O) groups excluding carboxylic acids is 2. The van der Waals surface area contributed by atoms with Gasteiger partial charge in [0.05, 0.1) is 53.8 Å². The third-order valence-electron chi connectivity index (χ3n) is 8.54. The Labute approximate surface area is 231 Å². The van der Waals surface area contributed by atoms with Crippen molar-refractivity contribution in [3.8, 4) is 17.2 Å². The smallest absolute Gasteiger partial charge is 0.202 e. The van der Waals surface area contributed by atoms with Gasteiger partial charge in [-0.2, -0.15) is 0 Å². The number of hydrogen-bond donors (Lipinski definition) is 5. The highest BCUT2D eigenvalue weighted by atomic mass is 16.7. The number of nitrogens with zero attached hydrogens (tertiary/aromatic N) is 1. The summed E-state index contributed by atoms with van der Waals surface area (Å²) in [6, 6.07) is 4.19. The summed E-state index contributed by atoms with van der Waals surface area (Å²) in [5.41, 5.74) is -2.54. The van der Waals surface area contributed by atoms with Crippen LogP contribution in [0, 0.1) is 0 Å². The Morgan fingerprint density at radius 1 is 1.10 bits per heavy atom. The number of carbonyl (C=O) groups is 2. The molecular formula is C29H35NO10. The van der Waals surface area contributed by atoms with Crippen molar-refractivity contribution in [1.29, 1.82) is 0 Å². The van der Waals surface area contributed by atoms with E-state index >= 15 is 0 Å². The zero-order chi connectivity index (χ0) is 29.3. The monoisotopic (exact) mass is 557 g/mol. The SMILES string of the molecule is COc1cccc2c1C(=O)c1c(O)c3c(c(O)c1C2=O)C[C@@](O)(C(C)O)C[C@@H]3O[C@H]1C[C@H](N(C)C)[C@H](O)[C@H](C)O1. The number of phenols is 2. The standard InChI is InChI=1S/C29H35NO10/c1-12-24(32)16(30(3)4)9-19(39-12)40-18-11-29(37,13(2)31)10-15-21(18)28(36)23-22(26(15)34)25(33)14-7-6-8-17(38-5)20(14)27(23)35/h6-8,12-13,16,18-19,24,31-32,34,36-37H,9-11H2,1-5H3/t12-,13?,16-,18-,19-,24+,29-/m0/s1. The van der Waals surface area contributed by atoms with Crippen molar-refractivity contribution < 1.29 is 49.3 Å². The summed E-state index contributed by atoms with van der Waals surface area (Å²) in [6.45, 7) is 3.10. The number of ketones is 2. The predicted octanol–water partition coefficient (Wildman–Crippen LogP) is 1.42. The summed E-state index contributed by atoms with van der Waals surface area (Å²) in [5.74, 6) is -2.36. The minimum Gasteiger partial charge on any atom is -0.507 e. The van der Waals surface area contributed by atoms with E-state index in [4.69, 9.17) is 14.2 Å². The van der Waals surface area contributed by atoms with Gasteiger partial charge >= 0.3 is 0 Å². The van der Waals surface area contributed by atoms with E-state index in [0.717, 1.165) is 0 Å². The Morgan fingerprint density at radius 2 is 1.77 bits per heavy atom. The number of rotatable bonds is 5. The Bertz CT molecular complexity index is 1370. The van der Waals surface area contributed by atoms with E-state index in [1.807, 2.05) is 19.0 Å². The van der Waals surface area contributed by atoms with Crippen molar-refractivity contribution in [2.75, 3.05) is 21.2 Å². The van der Waals surface area contributed by atoms with Crippen LogP contribution in [0.5, 0.6) is 17.2 Å². The molecule has 1 heterocycles. The van der Waals surface area contributed by atoms with Gasteiger partial charge < -0.3 is 44.6 Å². The van der Waals surface area contributed by atoms with Gasteiger partial charge in [0.2, 0.25) is 5.78 Å². The molecule has 1 saturated heterocycles. The number of aliphatic hydroxyl groups is 3. The molecule has 216 valence electrons. The average Bonchev–Trinajstić information content (AvgIpc) is 2.90. The minimum absolute atomic E-state index is 0.00329. The van der Waals surface area contributed by atoms with Gasteiger partial charge in [-0.25, -0.2) is 0 Å². The lowest BCUT2D eigenvalue weighted by Gasteiger charge is -2.45. The highest BCUT2D eigenvalue weighted by Crippen LogP contribution is 2.53. The Balaban J connectivity index is 1.66. The molecule has 1 unspecified atom stereocenters. The van der Waals surface area contributed by atoms with Crippen LogP contribution in [-0.4, -0.2) is 99.4 Å². The Kier molecular flexibility index (Phi) is 7.18. The lowest BCUT2D eigenvalue weighted by Crippen LogP contribution is -2.54. The topological polar surface area (TPSA) is 166 Å². The first-order valence-electron chi connectivity index (χ1n) is 13.2. The number of hydrogen-bond acceptors (Lipinski definition) is 11. The second-order valence-corrected chi connectivity index (χ2v) is 11.2. The van der Waals surface area contributed by atoms with Gasteiger partial charge in [-0.3, -0.25) is 9.59 Å². The quantitative estimate of drug-likeness (QED) is 0.288.